The molecule has 0 aliphatic heterocycles. The molecule has 224 valence electrons. The summed E-state index contributed by atoms with van der Waals surface area (Å²) in [5.74, 6) is -3.05. The lowest BCUT2D eigenvalue weighted by Gasteiger charge is -2.15. The number of hydrogen-bond donors (Lipinski definition) is 0. The number of hydrogen-bond acceptors (Lipinski definition) is 4. The Balaban J connectivity index is 1.58. The van der Waals surface area contributed by atoms with Crippen molar-refractivity contribution in [3.05, 3.63) is 107 Å². The summed E-state index contributed by atoms with van der Waals surface area (Å²) in [5.41, 5.74) is -1.64. The number of sulfonamides is 1. The summed E-state index contributed by atoms with van der Waals surface area (Å²) in [5, 5.41) is 4.15. The van der Waals surface area contributed by atoms with Gasteiger partial charge < -0.3 is 4.74 Å². The summed E-state index contributed by atoms with van der Waals surface area (Å²) in [4.78, 5) is 0.0639. The molecule has 1 aromatic heterocycles. The first-order valence-electron chi connectivity index (χ1n) is 12.8. The monoisotopic (exact) mass is 619 g/mol. The van der Waals surface area contributed by atoms with Crippen molar-refractivity contribution >= 4 is 20.9 Å². The van der Waals surface area contributed by atoms with Gasteiger partial charge in [0.05, 0.1) is 22.7 Å². The van der Waals surface area contributed by atoms with Crippen LogP contribution in [0.1, 0.15) is 18.1 Å². The largest absolute Gasteiger partial charge is 0.457 e. The molecule has 5 rings (SSSR count). The average molecular weight is 620 g/mol. The van der Waals surface area contributed by atoms with Crippen molar-refractivity contribution in [3.63, 3.8) is 0 Å². The second-order valence-electron chi connectivity index (χ2n) is 9.57. The van der Waals surface area contributed by atoms with Crippen LogP contribution in [0, 0.1) is 17.5 Å². The van der Waals surface area contributed by atoms with Crippen LogP contribution in [0.4, 0.5) is 26.3 Å². The lowest BCUT2D eigenvalue weighted by Crippen LogP contribution is -2.26. The Hall–Kier alpha value is -4.36. The molecule has 4 aromatic carbocycles. The fourth-order valence-corrected chi connectivity index (χ4v) is 5.73. The third-order valence-electron chi connectivity index (χ3n) is 6.81. The number of rotatable bonds is 8. The van der Waals surface area contributed by atoms with Crippen LogP contribution in [-0.2, 0) is 22.7 Å². The van der Waals surface area contributed by atoms with E-state index in [-0.39, 0.29) is 34.0 Å². The molecular formula is C30H23F6N3O3S. The third-order valence-corrected chi connectivity index (χ3v) is 8.76. The highest BCUT2D eigenvalue weighted by molar-refractivity contribution is 7.89. The molecule has 0 bridgehead atoms. The van der Waals surface area contributed by atoms with Crippen molar-refractivity contribution in [3.8, 4) is 22.8 Å². The highest BCUT2D eigenvalue weighted by atomic mass is 32.2. The van der Waals surface area contributed by atoms with Gasteiger partial charge in [-0.1, -0.05) is 31.2 Å². The van der Waals surface area contributed by atoms with Crippen LogP contribution in [0.2, 0.25) is 0 Å². The van der Waals surface area contributed by atoms with Gasteiger partial charge in [-0.05, 0) is 42.5 Å². The summed E-state index contributed by atoms with van der Waals surface area (Å²) >= 11 is 0. The van der Waals surface area contributed by atoms with E-state index in [4.69, 9.17) is 4.74 Å². The van der Waals surface area contributed by atoms with Crippen molar-refractivity contribution < 1.29 is 39.5 Å². The number of halogens is 6. The van der Waals surface area contributed by atoms with Crippen LogP contribution in [-0.4, -0.2) is 36.1 Å². The van der Waals surface area contributed by atoms with E-state index in [1.807, 2.05) is 0 Å². The van der Waals surface area contributed by atoms with E-state index >= 15 is 0 Å². The van der Waals surface area contributed by atoms with Gasteiger partial charge >= 0.3 is 6.18 Å². The Morgan fingerprint density at radius 2 is 1.53 bits per heavy atom. The molecule has 43 heavy (non-hydrogen) atoms. The van der Waals surface area contributed by atoms with Gasteiger partial charge in [0.1, 0.15) is 34.5 Å². The normalized spacial score (nSPS) is 12.3. The zero-order chi connectivity index (χ0) is 31.1. The summed E-state index contributed by atoms with van der Waals surface area (Å²) < 4.78 is 117. The summed E-state index contributed by atoms with van der Waals surface area (Å²) in [6.07, 6.45) is -4.77. The SMILES string of the molecule is CCN(C)S(=O)(=O)c1ccc(Oc2cccc(-c3c4cccc(C(F)(F)F)c4nn3Cc3c(F)cc(F)cc3F)c2)cc1. The highest BCUT2D eigenvalue weighted by Gasteiger charge is 2.35. The molecule has 0 radical (unpaired) electrons. The van der Waals surface area contributed by atoms with Crippen molar-refractivity contribution in [2.24, 2.45) is 0 Å². The quantitative estimate of drug-likeness (QED) is 0.168. The van der Waals surface area contributed by atoms with Crippen molar-refractivity contribution in [2.45, 2.75) is 24.5 Å². The minimum atomic E-state index is -4.77. The fourth-order valence-electron chi connectivity index (χ4n) is 4.55. The number of benzene rings is 4. The molecule has 13 heteroatoms. The molecule has 0 N–H and O–H groups in total. The van der Waals surface area contributed by atoms with E-state index in [9.17, 15) is 34.8 Å². The Morgan fingerprint density at radius 3 is 2.16 bits per heavy atom. The van der Waals surface area contributed by atoms with Gasteiger partial charge in [-0.25, -0.2) is 25.9 Å². The van der Waals surface area contributed by atoms with Crippen LogP contribution in [0.25, 0.3) is 22.2 Å². The second-order valence-corrected chi connectivity index (χ2v) is 11.6. The van der Waals surface area contributed by atoms with Crippen molar-refractivity contribution in [1.82, 2.24) is 14.1 Å². The number of alkyl halides is 3. The molecule has 0 amide bonds. The van der Waals surface area contributed by atoms with E-state index in [2.05, 4.69) is 5.10 Å². The molecule has 0 fully saturated rings. The van der Waals surface area contributed by atoms with Crippen LogP contribution in [0.3, 0.4) is 0 Å². The fraction of sp³-hybridized carbons (Fsp3) is 0.167. The van der Waals surface area contributed by atoms with Crippen LogP contribution < -0.4 is 4.74 Å². The lowest BCUT2D eigenvalue weighted by atomic mass is 10.0. The van der Waals surface area contributed by atoms with Gasteiger partial charge in [0.2, 0.25) is 10.0 Å². The van der Waals surface area contributed by atoms with Gasteiger partial charge in [-0.3, -0.25) is 4.68 Å². The molecule has 0 saturated carbocycles. The maximum Gasteiger partial charge on any atom is 0.418 e. The van der Waals surface area contributed by atoms with E-state index < -0.39 is 56.8 Å². The molecule has 6 nitrogen and oxygen atoms in total. The van der Waals surface area contributed by atoms with Crippen LogP contribution in [0.5, 0.6) is 11.5 Å². The van der Waals surface area contributed by atoms with Gasteiger partial charge in [0.15, 0.2) is 0 Å². The predicted octanol–water partition coefficient (Wildman–Crippen LogP) is 7.62. The molecule has 5 aromatic rings. The van der Waals surface area contributed by atoms with E-state index in [1.54, 1.807) is 25.1 Å². The van der Waals surface area contributed by atoms with Gasteiger partial charge in [0, 0.05) is 42.2 Å². The molecule has 0 spiro atoms. The highest BCUT2D eigenvalue weighted by Crippen LogP contribution is 2.39. The Labute approximate surface area is 242 Å². The molecule has 0 aliphatic rings. The zero-order valence-electron chi connectivity index (χ0n) is 22.7. The van der Waals surface area contributed by atoms with Gasteiger partial charge in [-0.15, -0.1) is 0 Å². The van der Waals surface area contributed by atoms with E-state index in [0.29, 0.717) is 17.7 Å². The summed E-state index contributed by atoms with van der Waals surface area (Å²) in [7, 11) is -2.22. The first-order chi connectivity index (χ1) is 20.3. The smallest absolute Gasteiger partial charge is 0.418 e. The van der Waals surface area contributed by atoms with Gasteiger partial charge in [0.25, 0.3) is 0 Å². The number of aromatic nitrogens is 2. The molecular weight excluding hydrogens is 596 g/mol. The van der Waals surface area contributed by atoms with E-state index in [1.165, 1.54) is 53.8 Å². The molecule has 1 heterocycles. The third kappa shape index (κ3) is 5.95. The maximum absolute atomic E-state index is 14.6. The van der Waals surface area contributed by atoms with Crippen molar-refractivity contribution in [2.75, 3.05) is 13.6 Å². The van der Waals surface area contributed by atoms with Gasteiger partial charge in [-0.2, -0.15) is 18.3 Å². The Bertz CT molecular complexity index is 1900. The first-order valence-corrected chi connectivity index (χ1v) is 14.3. The molecule has 0 atom stereocenters. The second kappa shape index (κ2) is 11.4. The lowest BCUT2D eigenvalue weighted by molar-refractivity contribution is -0.136. The Morgan fingerprint density at radius 1 is 0.884 bits per heavy atom. The predicted molar refractivity (Wildman–Crippen MR) is 148 cm³/mol. The maximum atomic E-state index is 14.6. The number of nitrogens with zero attached hydrogens (tertiary/aromatic N) is 3. The molecule has 0 unspecified atom stereocenters. The minimum Gasteiger partial charge on any atom is -0.457 e. The van der Waals surface area contributed by atoms with E-state index in [0.717, 1.165) is 10.7 Å². The standard InChI is InChI=1S/C30H23F6N3O3S/c1-3-38(2)43(40,41)22-12-10-20(11-13-22)42-21-7-4-6-18(14-21)29-23-8-5-9-25(30(34,35)36)28(23)37-39(29)17-24-26(32)15-19(31)16-27(24)33/h4-16H,3,17H2,1-2H3. The topological polar surface area (TPSA) is 64.4 Å². The first kappa shape index (κ1) is 30.1. The minimum absolute atomic E-state index is 0.0597. The number of fused-ring (bicyclic) bond motifs is 1. The zero-order valence-corrected chi connectivity index (χ0v) is 23.5. The van der Waals surface area contributed by atoms with Crippen LogP contribution in [0.15, 0.2) is 83.8 Å². The average Bonchev–Trinajstić information content (AvgIpc) is 3.32. The van der Waals surface area contributed by atoms with Crippen molar-refractivity contribution in [1.29, 1.82) is 0 Å². The summed E-state index contributed by atoms with van der Waals surface area (Å²) in [6.45, 7) is 1.35. The van der Waals surface area contributed by atoms with Crippen LogP contribution >= 0.6 is 0 Å². The molecule has 0 saturated heterocycles. The molecule has 0 aliphatic carbocycles. The number of ether oxygens (including phenoxy) is 1. The summed E-state index contributed by atoms with van der Waals surface area (Å²) in [6, 6.07) is 16.3. The Kier molecular flexibility index (Phi) is 7.97.